The highest BCUT2D eigenvalue weighted by Gasteiger charge is 2.01. The molecule has 4 N–H and O–H groups in total. The molecule has 6 nitrogen and oxygen atoms in total. The van der Waals surface area contributed by atoms with Crippen LogP contribution in [0.2, 0.25) is 0 Å². The molecule has 0 bridgehead atoms. The Bertz CT molecular complexity index is 532. The second-order valence-electron chi connectivity index (χ2n) is 4.12. The monoisotopic (exact) mass is 273 g/mol. The Kier molecular flexibility index (Phi) is 5.00. The second kappa shape index (κ2) is 7.18. The summed E-state index contributed by atoms with van der Waals surface area (Å²) in [5, 5.41) is 6.26. The number of hydrogen-bond donors (Lipinski definition) is 3. The maximum atomic E-state index is 5.65. The van der Waals surface area contributed by atoms with E-state index in [1.54, 1.807) is 0 Å². The summed E-state index contributed by atoms with van der Waals surface area (Å²) >= 11 is 0. The SMILES string of the molecule is CCNc1cc(NCCOc2ccccc2)nc(N)n1. The molecule has 0 amide bonds. The number of rotatable bonds is 7. The van der Waals surface area contributed by atoms with E-state index >= 15 is 0 Å². The predicted molar refractivity (Wildman–Crippen MR) is 81.0 cm³/mol. The zero-order chi connectivity index (χ0) is 14.2. The molecule has 0 radical (unpaired) electrons. The van der Waals surface area contributed by atoms with Gasteiger partial charge in [-0.05, 0) is 19.1 Å². The lowest BCUT2D eigenvalue weighted by Crippen LogP contribution is -2.13. The molecule has 2 rings (SSSR count). The van der Waals surface area contributed by atoms with E-state index in [1.165, 1.54) is 0 Å². The lowest BCUT2D eigenvalue weighted by atomic mass is 10.3. The van der Waals surface area contributed by atoms with Crippen molar-refractivity contribution in [3.63, 3.8) is 0 Å². The summed E-state index contributed by atoms with van der Waals surface area (Å²) in [6.45, 7) is 3.97. The lowest BCUT2D eigenvalue weighted by molar-refractivity contribution is 0.333. The third kappa shape index (κ3) is 4.31. The van der Waals surface area contributed by atoms with Crippen molar-refractivity contribution in [2.75, 3.05) is 36.1 Å². The van der Waals surface area contributed by atoms with E-state index in [4.69, 9.17) is 10.5 Å². The first-order valence-electron chi connectivity index (χ1n) is 6.58. The van der Waals surface area contributed by atoms with Crippen LogP contribution in [0.1, 0.15) is 6.92 Å². The Hall–Kier alpha value is -2.50. The lowest BCUT2D eigenvalue weighted by Gasteiger charge is -2.10. The molecule has 0 unspecified atom stereocenters. The van der Waals surface area contributed by atoms with Crippen molar-refractivity contribution in [3.8, 4) is 5.75 Å². The molecule has 0 fully saturated rings. The fraction of sp³-hybridized carbons (Fsp3) is 0.286. The van der Waals surface area contributed by atoms with Crippen LogP contribution < -0.4 is 21.1 Å². The Morgan fingerprint density at radius 2 is 1.80 bits per heavy atom. The normalized spacial score (nSPS) is 10.1. The summed E-state index contributed by atoms with van der Waals surface area (Å²) < 4.78 is 5.58. The fourth-order valence-corrected chi connectivity index (χ4v) is 1.69. The summed E-state index contributed by atoms with van der Waals surface area (Å²) in [6.07, 6.45) is 0. The third-order valence-electron chi connectivity index (χ3n) is 2.52. The van der Waals surface area contributed by atoms with Crippen LogP contribution in [-0.2, 0) is 0 Å². The minimum atomic E-state index is 0.245. The highest BCUT2D eigenvalue weighted by atomic mass is 16.5. The van der Waals surface area contributed by atoms with Crippen LogP contribution in [0.4, 0.5) is 17.6 Å². The zero-order valence-corrected chi connectivity index (χ0v) is 11.5. The summed E-state index contributed by atoms with van der Waals surface area (Å²) in [4.78, 5) is 8.20. The molecule has 1 aromatic carbocycles. The van der Waals surface area contributed by atoms with Crippen LogP contribution in [-0.4, -0.2) is 29.7 Å². The molecule has 0 aliphatic heterocycles. The minimum absolute atomic E-state index is 0.245. The summed E-state index contributed by atoms with van der Waals surface area (Å²) in [7, 11) is 0. The first-order valence-corrected chi connectivity index (χ1v) is 6.58. The van der Waals surface area contributed by atoms with E-state index < -0.39 is 0 Å². The van der Waals surface area contributed by atoms with Gasteiger partial charge in [0.15, 0.2) is 0 Å². The minimum Gasteiger partial charge on any atom is -0.492 e. The number of nitrogens with zero attached hydrogens (tertiary/aromatic N) is 2. The van der Waals surface area contributed by atoms with Crippen molar-refractivity contribution in [2.24, 2.45) is 0 Å². The summed E-state index contributed by atoms with van der Waals surface area (Å²) in [5.41, 5.74) is 5.65. The molecule has 1 heterocycles. The molecular weight excluding hydrogens is 254 g/mol. The maximum absolute atomic E-state index is 5.65. The van der Waals surface area contributed by atoms with Crippen LogP contribution in [0.3, 0.4) is 0 Å². The van der Waals surface area contributed by atoms with E-state index in [0.29, 0.717) is 24.8 Å². The van der Waals surface area contributed by atoms with Gasteiger partial charge in [0.25, 0.3) is 0 Å². The third-order valence-corrected chi connectivity index (χ3v) is 2.52. The highest BCUT2D eigenvalue weighted by molar-refractivity contribution is 5.50. The summed E-state index contributed by atoms with van der Waals surface area (Å²) in [6, 6.07) is 11.5. The van der Waals surface area contributed by atoms with Gasteiger partial charge in [-0.15, -0.1) is 0 Å². The van der Waals surface area contributed by atoms with Gasteiger partial charge in [-0.1, -0.05) is 18.2 Å². The van der Waals surface area contributed by atoms with E-state index in [2.05, 4.69) is 20.6 Å². The number of nitrogen functional groups attached to an aromatic ring is 1. The molecular formula is C14H19N5O. The van der Waals surface area contributed by atoms with Crippen LogP contribution in [0.15, 0.2) is 36.4 Å². The molecule has 2 aromatic rings. The average Bonchev–Trinajstić information content (AvgIpc) is 2.45. The number of nitrogens with one attached hydrogen (secondary N) is 2. The van der Waals surface area contributed by atoms with Gasteiger partial charge in [-0.3, -0.25) is 0 Å². The van der Waals surface area contributed by atoms with Crippen LogP contribution >= 0.6 is 0 Å². The molecule has 0 aliphatic carbocycles. The number of para-hydroxylation sites is 1. The fourth-order valence-electron chi connectivity index (χ4n) is 1.69. The van der Waals surface area contributed by atoms with Crippen molar-refractivity contribution < 1.29 is 4.74 Å². The van der Waals surface area contributed by atoms with Crippen LogP contribution in [0.5, 0.6) is 5.75 Å². The Labute approximate surface area is 118 Å². The first kappa shape index (κ1) is 13.9. The quantitative estimate of drug-likeness (QED) is 0.669. The van der Waals surface area contributed by atoms with Gasteiger partial charge in [0.1, 0.15) is 24.0 Å². The van der Waals surface area contributed by atoms with E-state index in [9.17, 15) is 0 Å². The summed E-state index contributed by atoms with van der Waals surface area (Å²) in [5.74, 6) is 2.50. The van der Waals surface area contributed by atoms with Crippen molar-refractivity contribution in [1.29, 1.82) is 0 Å². The standard InChI is InChI=1S/C14H19N5O/c1-2-16-12-10-13(19-14(15)18-12)17-8-9-20-11-6-4-3-5-7-11/h3-7,10H,2,8-9H2,1H3,(H4,15,16,17,18,19). The first-order chi connectivity index (χ1) is 9.78. The van der Waals surface area contributed by atoms with Gasteiger partial charge in [-0.25, -0.2) is 0 Å². The van der Waals surface area contributed by atoms with E-state index in [-0.39, 0.29) is 5.95 Å². The second-order valence-corrected chi connectivity index (χ2v) is 4.12. The Balaban J connectivity index is 1.81. The largest absolute Gasteiger partial charge is 0.492 e. The van der Waals surface area contributed by atoms with E-state index in [0.717, 1.165) is 12.3 Å². The van der Waals surface area contributed by atoms with Gasteiger partial charge in [-0.2, -0.15) is 9.97 Å². The molecule has 6 heteroatoms. The average molecular weight is 273 g/mol. The number of nitrogens with two attached hydrogens (primary N) is 1. The number of aromatic nitrogens is 2. The molecule has 106 valence electrons. The van der Waals surface area contributed by atoms with E-state index in [1.807, 2.05) is 43.3 Å². The van der Waals surface area contributed by atoms with Gasteiger partial charge in [0, 0.05) is 12.6 Å². The van der Waals surface area contributed by atoms with Gasteiger partial charge < -0.3 is 21.1 Å². The number of hydrogen-bond acceptors (Lipinski definition) is 6. The molecule has 1 aromatic heterocycles. The molecule has 0 atom stereocenters. The topological polar surface area (TPSA) is 85.1 Å². The Morgan fingerprint density at radius 1 is 1.10 bits per heavy atom. The number of benzene rings is 1. The van der Waals surface area contributed by atoms with Crippen molar-refractivity contribution in [1.82, 2.24) is 9.97 Å². The molecule has 0 spiro atoms. The molecule has 0 saturated carbocycles. The van der Waals surface area contributed by atoms with Gasteiger partial charge in [0.2, 0.25) is 5.95 Å². The highest BCUT2D eigenvalue weighted by Crippen LogP contribution is 2.12. The zero-order valence-electron chi connectivity index (χ0n) is 11.5. The molecule has 0 aliphatic rings. The van der Waals surface area contributed by atoms with Crippen molar-refractivity contribution in [2.45, 2.75) is 6.92 Å². The molecule has 0 saturated heterocycles. The number of anilines is 3. The van der Waals surface area contributed by atoms with Gasteiger partial charge >= 0.3 is 0 Å². The molecule has 20 heavy (non-hydrogen) atoms. The smallest absolute Gasteiger partial charge is 0.223 e. The van der Waals surface area contributed by atoms with Crippen molar-refractivity contribution >= 4 is 17.6 Å². The maximum Gasteiger partial charge on any atom is 0.223 e. The predicted octanol–water partition coefficient (Wildman–Crippen LogP) is 1.98. The Morgan fingerprint density at radius 3 is 2.50 bits per heavy atom. The van der Waals surface area contributed by atoms with Crippen LogP contribution in [0, 0.1) is 0 Å². The van der Waals surface area contributed by atoms with Crippen molar-refractivity contribution in [3.05, 3.63) is 36.4 Å². The van der Waals surface area contributed by atoms with Crippen LogP contribution in [0.25, 0.3) is 0 Å². The number of ether oxygens (including phenoxy) is 1. The van der Waals surface area contributed by atoms with Gasteiger partial charge in [0.05, 0.1) is 6.54 Å².